The molecule has 5 heteroatoms. The van der Waals surface area contributed by atoms with Crippen molar-refractivity contribution in [2.45, 2.75) is 3.79 Å². The Labute approximate surface area is 149 Å². The monoisotopic (exact) mass is 363 g/mol. The van der Waals surface area contributed by atoms with Crippen LogP contribution in [-0.2, 0) is 4.79 Å². The molecule has 0 atom stereocenters. The minimum absolute atomic E-state index is 0.621. The topological polar surface area (TPSA) is 20.3 Å². The molecule has 3 rings (SSSR count). The first kappa shape index (κ1) is 16.1. The lowest BCUT2D eigenvalue weighted by atomic mass is 10.1. The quantitative estimate of drug-likeness (QED) is 0.520. The van der Waals surface area contributed by atoms with Gasteiger partial charge in [-0.3, -0.25) is 9.69 Å². The Bertz CT molecular complexity index is 844. The van der Waals surface area contributed by atoms with Crippen LogP contribution >= 0.6 is 34.8 Å². The van der Waals surface area contributed by atoms with Crippen molar-refractivity contribution in [3.05, 3.63) is 72.8 Å². The van der Waals surface area contributed by atoms with Crippen molar-refractivity contribution in [3.63, 3.8) is 0 Å². The summed E-state index contributed by atoms with van der Waals surface area (Å²) in [6.45, 7) is 0. The number of benzene rings is 3. The van der Waals surface area contributed by atoms with Crippen LogP contribution in [0.1, 0.15) is 0 Å². The van der Waals surface area contributed by atoms with E-state index in [1.165, 1.54) is 4.90 Å². The molecular formula is C18H12Cl3NO. The minimum Gasteiger partial charge on any atom is -0.277 e. The highest BCUT2D eigenvalue weighted by atomic mass is 35.6. The van der Waals surface area contributed by atoms with E-state index in [9.17, 15) is 4.79 Å². The molecule has 0 saturated heterocycles. The summed E-state index contributed by atoms with van der Waals surface area (Å²) in [5, 5.41) is 2.08. The highest BCUT2D eigenvalue weighted by Crippen LogP contribution is 2.36. The predicted molar refractivity (Wildman–Crippen MR) is 97.8 cm³/mol. The van der Waals surface area contributed by atoms with E-state index < -0.39 is 9.70 Å². The third kappa shape index (κ3) is 3.45. The molecule has 0 bridgehead atoms. The Morgan fingerprint density at radius 2 is 1.35 bits per heavy atom. The summed E-state index contributed by atoms with van der Waals surface area (Å²) in [7, 11) is 0. The Balaban J connectivity index is 2.15. The lowest BCUT2D eigenvalue weighted by molar-refractivity contribution is -0.117. The lowest BCUT2D eigenvalue weighted by Crippen LogP contribution is -2.36. The van der Waals surface area contributed by atoms with Crippen LogP contribution in [0.5, 0.6) is 0 Å². The Morgan fingerprint density at radius 3 is 2.00 bits per heavy atom. The maximum Gasteiger partial charge on any atom is 0.283 e. The van der Waals surface area contributed by atoms with Gasteiger partial charge in [-0.25, -0.2) is 0 Å². The van der Waals surface area contributed by atoms with Crippen molar-refractivity contribution in [1.29, 1.82) is 0 Å². The maximum absolute atomic E-state index is 12.6. The fourth-order valence-corrected chi connectivity index (χ4v) is 2.66. The molecule has 0 N–H and O–H groups in total. The average Bonchev–Trinajstić information content (AvgIpc) is 2.55. The minimum atomic E-state index is -2.04. The van der Waals surface area contributed by atoms with Gasteiger partial charge in [0, 0.05) is 11.4 Å². The molecule has 23 heavy (non-hydrogen) atoms. The van der Waals surface area contributed by atoms with Gasteiger partial charge in [-0.05, 0) is 35.0 Å². The van der Waals surface area contributed by atoms with E-state index in [0.717, 1.165) is 10.8 Å². The molecule has 0 aliphatic rings. The highest BCUT2D eigenvalue weighted by Gasteiger charge is 2.36. The molecule has 0 heterocycles. The van der Waals surface area contributed by atoms with E-state index in [-0.39, 0.29) is 0 Å². The molecule has 3 aromatic carbocycles. The first-order valence-electron chi connectivity index (χ1n) is 6.92. The van der Waals surface area contributed by atoms with Crippen LogP contribution in [0.25, 0.3) is 10.8 Å². The van der Waals surface area contributed by atoms with E-state index in [1.807, 2.05) is 60.7 Å². The van der Waals surface area contributed by atoms with Crippen LogP contribution in [-0.4, -0.2) is 9.70 Å². The molecule has 0 aliphatic heterocycles. The molecule has 0 spiro atoms. The summed E-state index contributed by atoms with van der Waals surface area (Å²) in [6.07, 6.45) is 0. The molecule has 0 unspecified atom stereocenters. The number of halogens is 3. The molecular weight excluding hydrogens is 353 g/mol. The number of anilines is 2. The first-order chi connectivity index (χ1) is 11.0. The number of hydrogen-bond acceptors (Lipinski definition) is 1. The number of amides is 1. The van der Waals surface area contributed by atoms with Crippen molar-refractivity contribution in [2.75, 3.05) is 4.90 Å². The fraction of sp³-hybridized carbons (Fsp3) is 0.0556. The second-order valence-corrected chi connectivity index (χ2v) is 7.29. The normalized spacial score (nSPS) is 11.4. The van der Waals surface area contributed by atoms with Crippen molar-refractivity contribution in [2.24, 2.45) is 0 Å². The van der Waals surface area contributed by atoms with Gasteiger partial charge in [0.2, 0.25) is 0 Å². The van der Waals surface area contributed by atoms with Crippen LogP contribution in [0.3, 0.4) is 0 Å². The van der Waals surface area contributed by atoms with Crippen molar-refractivity contribution < 1.29 is 4.79 Å². The zero-order valence-electron chi connectivity index (χ0n) is 11.9. The van der Waals surface area contributed by atoms with Gasteiger partial charge in [0.15, 0.2) is 0 Å². The van der Waals surface area contributed by atoms with Gasteiger partial charge in [0.1, 0.15) is 0 Å². The van der Waals surface area contributed by atoms with Gasteiger partial charge in [-0.2, -0.15) is 0 Å². The second-order valence-electron chi connectivity index (χ2n) is 5.01. The summed E-state index contributed by atoms with van der Waals surface area (Å²) < 4.78 is -2.04. The van der Waals surface area contributed by atoms with Gasteiger partial charge in [0.05, 0.1) is 0 Å². The summed E-state index contributed by atoms with van der Waals surface area (Å²) in [5.41, 5.74) is 1.28. The number of alkyl halides is 3. The summed E-state index contributed by atoms with van der Waals surface area (Å²) in [5.74, 6) is -0.621. The van der Waals surface area contributed by atoms with Crippen molar-refractivity contribution in [3.8, 4) is 0 Å². The number of para-hydroxylation sites is 1. The molecule has 2 nitrogen and oxygen atoms in total. The largest absolute Gasteiger partial charge is 0.283 e. The Morgan fingerprint density at radius 1 is 0.739 bits per heavy atom. The van der Waals surface area contributed by atoms with Crippen LogP contribution in [0.2, 0.25) is 0 Å². The van der Waals surface area contributed by atoms with Crippen LogP contribution < -0.4 is 4.90 Å². The Hall–Kier alpha value is -1.74. The third-order valence-corrected chi connectivity index (χ3v) is 3.94. The van der Waals surface area contributed by atoms with Gasteiger partial charge >= 0.3 is 0 Å². The van der Waals surface area contributed by atoms with Crippen LogP contribution in [0, 0.1) is 0 Å². The summed E-state index contributed by atoms with van der Waals surface area (Å²) in [6, 6.07) is 22.7. The van der Waals surface area contributed by atoms with Crippen molar-refractivity contribution in [1.82, 2.24) is 0 Å². The van der Waals surface area contributed by atoms with Gasteiger partial charge in [0.25, 0.3) is 9.70 Å². The molecule has 0 aromatic heterocycles. The van der Waals surface area contributed by atoms with E-state index >= 15 is 0 Å². The fourth-order valence-electron chi connectivity index (χ4n) is 2.40. The number of nitrogens with zero attached hydrogens (tertiary/aromatic N) is 1. The van der Waals surface area contributed by atoms with Gasteiger partial charge in [-0.1, -0.05) is 83.3 Å². The van der Waals surface area contributed by atoms with E-state index in [2.05, 4.69) is 0 Å². The number of carbonyl (C=O) groups is 1. The standard InChI is InChI=1S/C18H12Cl3NO/c19-18(20,21)17(23)22(15-8-2-1-3-9-15)16-11-10-13-6-4-5-7-14(13)12-16/h1-12H. The van der Waals surface area contributed by atoms with Crippen molar-refractivity contribution >= 4 is 62.9 Å². The Kier molecular flexibility index (Phi) is 4.49. The zero-order valence-corrected chi connectivity index (χ0v) is 14.2. The predicted octanol–water partition coefficient (Wildman–Crippen LogP) is 5.87. The number of carbonyl (C=O) groups excluding carboxylic acids is 1. The van der Waals surface area contributed by atoms with E-state index in [1.54, 1.807) is 12.1 Å². The second kappa shape index (κ2) is 6.40. The molecule has 0 fully saturated rings. The molecule has 116 valence electrons. The molecule has 3 aromatic rings. The highest BCUT2D eigenvalue weighted by molar-refractivity contribution is 6.77. The molecule has 1 amide bonds. The van der Waals surface area contributed by atoms with Crippen LogP contribution in [0.4, 0.5) is 11.4 Å². The number of rotatable bonds is 2. The molecule has 0 saturated carbocycles. The molecule has 0 radical (unpaired) electrons. The smallest absolute Gasteiger partial charge is 0.277 e. The SMILES string of the molecule is O=C(N(c1ccccc1)c1ccc2ccccc2c1)C(Cl)(Cl)Cl. The maximum atomic E-state index is 12.6. The average molecular weight is 365 g/mol. The third-order valence-electron chi connectivity index (χ3n) is 3.45. The van der Waals surface area contributed by atoms with E-state index in [0.29, 0.717) is 11.4 Å². The van der Waals surface area contributed by atoms with Gasteiger partial charge < -0.3 is 0 Å². The van der Waals surface area contributed by atoms with E-state index in [4.69, 9.17) is 34.8 Å². The van der Waals surface area contributed by atoms with Gasteiger partial charge in [-0.15, -0.1) is 0 Å². The molecule has 0 aliphatic carbocycles. The summed E-state index contributed by atoms with van der Waals surface area (Å²) >= 11 is 17.5. The summed E-state index contributed by atoms with van der Waals surface area (Å²) in [4.78, 5) is 14.0. The number of hydrogen-bond donors (Lipinski definition) is 0. The lowest BCUT2D eigenvalue weighted by Gasteiger charge is -2.26. The first-order valence-corrected chi connectivity index (χ1v) is 8.05. The zero-order chi connectivity index (χ0) is 16.4. The van der Waals surface area contributed by atoms with Crippen LogP contribution in [0.15, 0.2) is 72.8 Å². The number of fused-ring (bicyclic) bond motifs is 1.